The van der Waals surface area contributed by atoms with E-state index in [1.807, 2.05) is 60.7 Å². The molecule has 2 aliphatic rings. The molecule has 0 unspecified atom stereocenters. The molecule has 12 nitrogen and oxygen atoms in total. The molecule has 40 heavy (non-hydrogen) atoms. The van der Waals surface area contributed by atoms with E-state index in [4.69, 9.17) is 29.4 Å². The summed E-state index contributed by atoms with van der Waals surface area (Å²) in [7, 11) is 0. The fraction of sp³-hybridized carbons (Fsp3) is 0.536. The van der Waals surface area contributed by atoms with Crippen molar-refractivity contribution in [3.05, 3.63) is 71.8 Å². The van der Waals surface area contributed by atoms with Crippen molar-refractivity contribution in [2.75, 3.05) is 13.2 Å². The number of carbonyl (C=O) groups excluding carboxylic acids is 1. The third kappa shape index (κ3) is 7.62. The third-order valence-electron chi connectivity index (χ3n) is 6.93. The zero-order valence-electron chi connectivity index (χ0n) is 22.2. The van der Waals surface area contributed by atoms with Crippen molar-refractivity contribution in [1.29, 1.82) is 0 Å². The monoisotopic (exact) mass is 562 g/mol. The molecule has 2 saturated heterocycles. The summed E-state index contributed by atoms with van der Waals surface area (Å²) in [6.07, 6.45) is -9.76. The lowest BCUT2D eigenvalue weighted by Crippen LogP contribution is -2.69. The first kappa shape index (κ1) is 30.5. The molecule has 2 aromatic carbocycles. The molecule has 0 spiro atoms. The van der Waals surface area contributed by atoms with Gasteiger partial charge in [-0.25, -0.2) is 0 Å². The van der Waals surface area contributed by atoms with E-state index in [2.05, 4.69) is 5.32 Å². The summed E-state index contributed by atoms with van der Waals surface area (Å²) in [5, 5.41) is 43.9. The standard InChI is InChI=1S/C28H38N2O10/c1-16(32)30-22-26(40-28-21(29)24(34)23(33)19(12-31)39-28)25(37-14-18-10-6-3-7-11-18)20(38-27(22)35)15-36-13-17-8-4-2-5-9-17/h2-11,19-28,31,33-35H,12-15,29H2,1H3,(H,30,32)/t19-,20-,21-,22-,23+,24-,25+,26-,27+,28+/m1/s1. The van der Waals surface area contributed by atoms with E-state index >= 15 is 0 Å². The number of rotatable bonds is 11. The van der Waals surface area contributed by atoms with E-state index in [0.29, 0.717) is 0 Å². The predicted octanol–water partition coefficient (Wildman–Crippen LogP) is -0.838. The van der Waals surface area contributed by atoms with Crippen LogP contribution in [0.5, 0.6) is 0 Å². The van der Waals surface area contributed by atoms with Gasteiger partial charge < -0.3 is 55.2 Å². The second-order valence-corrected chi connectivity index (χ2v) is 9.94. The Kier molecular flexibility index (Phi) is 11.0. The molecule has 7 N–H and O–H groups in total. The maximum Gasteiger partial charge on any atom is 0.217 e. The molecule has 2 aliphatic heterocycles. The first-order chi connectivity index (χ1) is 19.3. The normalized spacial score (nSPS) is 34.4. The molecule has 0 bridgehead atoms. The molecular formula is C28H38N2O10. The van der Waals surface area contributed by atoms with E-state index in [1.165, 1.54) is 6.92 Å². The van der Waals surface area contributed by atoms with Crippen LogP contribution in [0.15, 0.2) is 60.7 Å². The molecule has 2 heterocycles. The summed E-state index contributed by atoms with van der Waals surface area (Å²) >= 11 is 0. The number of aliphatic hydroxyl groups is 4. The van der Waals surface area contributed by atoms with Gasteiger partial charge in [-0.2, -0.15) is 0 Å². The van der Waals surface area contributed by atoms with Crippen LogP contribution in [0.3, 0.4) is 0 Å². The highest BCUT2D eigenvalue weighted by molar-refractivity contribution is 5.73. The molecule has 10 atom stereocenters. The summed E-state index contributed by atoms with van der Waals surface area (Å²) in [4.78, 5) is 12.1. The first-order valence-corrected chi connectivity index (χ1v) is 13.2. The van der Waals surface area contributed by atoms with Gasteiger partial charge in [-0.3, -0.25) is 4.79 Å². The fourth-order valence-corrected chi connectivity index (χ4v) is 4.82. The minimum absolute atomic E-state index is 0.0102. The second-order valence-electron chi connectivity index (χ2n) is 9.94. The van der Waals surface area contributed by atoms with Gasteiger partial charge in [-0.1, -0.05) is 60.7 Å². The maximum atomic E-state index is 12.1. The highest BCUT2D eigenvalue weighted by Gasteiger charge is 2.51. The average molecular weight is 563 g/mol. The quantitative estimate of drug-likeness (QED) is 0.201. The highest BCUT2D eigenvalue weighted by atomic mass is 16.7. The topological polar surface area (TPSA) is 182 Å². The Labute approximate surface area is 232 Å². The summed E-state index contributed by atoms with van der Waals surface area (Å²) in [6.45, 7) is 1.12. The van der Waals surface area contributed by atoms with Gasteiger partial charge in [0.25, 0.3) is 0 Å². The van der Waals surface area contributed by atoms with Gasteiger partial charge in [-0.15, -0.1) is 0 Å². The summed E-state index contributed by atoms with van der Waals surface area (Å²) in [6, 6.07) is 16.6. The number of nitrogens with one attached hydrogen (secondary N) is 1. The lowest BCUT2D eigenvalue weighted by molar-refractivity contribution is -0.328. The van der Waals surface area contributed by atoms with Crippen LogP contribution >= 0.6 is 0 Å². The van der Waals surface area contributed by atoms with Gasteiger partial charge in [0.15, 0.2) is 12.6 Å². The van der Waals surface area contributed by atoms with E-state index in [9.17, 15) is 25.2 Å². The van der Waals surface area contributed by atoms with Crippen molar-refractivity contribution >= 4 is 5.91 Å². The molecule has 220 valence electrons. The number of ether oxygens (including phenoxy) is 5. The van der Waals surface area contributed by atoms with Crippen molar-refractivity contribution in [3.63, 3.8) is 0 Å². The van der Waals surface area contributed by atoms with Gasteiger partial charge in [-0.05, 0) is 11.1 Å². The molecule has 0 radical (unpaired) electrons. The van der Waals surface area contributed by atoms with Crippen molar-refractivity contribution in [1.82, 2.24) is 5.32 Å². The minimum Gasteiger partial charge on any atom is -0.394 e. The SMILES string of the molecule is CC(=O)N[C@@H]1[C@@H](O[C@@H]2O[C@H](CO)[C@H](O)[C@H](O)[C@H]2N)[C@@H](OCc2ccccc2)[C@@H](COCc2ccccc2)O[C@@H]1O. The lowest BCUT2D eigenvalue weighted by atomic mass is 9.94. The number of aliphatic hydroxyl groups excluding tert-OH is 4. The van der Waals surface area contributed by atoms with Crippen LogP contribution < -0.4 is 11.1 Å². The van der Waals surface area contributed by atoms with Crippen LogP contribution in [0.25, 0.3) is 0 Å². The largest absolute Gasteiger partial charge is 0.394 e. The molecule has 12 heteroatoms. The van der Waals surface area contributed by atoms with Crippen molar-refractivity contribution in [2.45, 2.75) is 81.4 Å². The molecule has 4 rings (SSSR count). The summed E-state index contributed by atoms with van der Waals surface area (Å²) in [5.74, 6) is -0.459. The zero-order valence-corrected chi connectivity index (χ0v) is 22.2. The highest BCUT2D eigenvalue weighted by Crippen LogP contribution is 2.30. The molecule has 0 aromatic heterocycles. The van der Waals surface area contributed by atoms with Crippen LogP contribution in [-0.4, -0.2) is 101 Å². The first-order valence-electron chi connectivity index (χ1n) is 13.2. The van der Waals surface area contributed by atoms with Gasteiger partial charge in [0, 0.05) is 6.92 Å². The van der Waals surface area contributed by atoms with E-state index in [-0.39, 0.29) is 19.8 Å². The number of amides is 1. The van der Waals surface area contributed by atoms with Crippen molar-refractivity contribution in [2.24, 2.45) is 5.73 Å². The Morgan fingerprint density at radius 2 is 1.52 bits per heavy atom. The van der Waals surface area contributed by atoms with Crippen molar-refractivity contribution < 1.29 is 48.9 Å². The van der Waals surface area contributed by atoms with E-state index < -0.39 is 73.8 Å². The van der Waals surface area contributed by atoms with Crippen molar-refractivity contribution in [3.8, 4) is 0 Å². The molecule has 2 fully saturated rings. The molecule has 1 amide bonds. The Morgan fingerprint density at radius 1 is 0.900 bits per heavy atom. The number of nitrogens with two attached hydrogens (primary N) is 1. The molecular weight excluding hydrogens is 524 g/mol. The van der Waals surface area contributed by atoms with Gasteiger partial charge >= 0.3 is 0 Å². The Hall–Kier alpha value is -2.49. The smallest absolute Gasteiger partial charge is 0.217 e. The number of hydrogen-bond acceptors (Lipinski definition) is 11. The van der Waals surface area contributed by atoms with Crippen LogP contribution in [0.1, 0.15) is 18.1 Å². The Balaban J connectivity index is 1.59. The average Bonchev–Trinajstić information content (AvgIpc) is 2.95. The lowest BCUT2D eigenvalue weighted by Gasteiger charge is -2.48. The summed E-state index contributed by atoms with van der Waals surface area (Å²) in [5.41, 5.74) is 7.93. The number of benzene rings is 2. The Bertz CT molecular complexity index is 1050. The van der Waals surface area contributed by atoms with Crippen LogP contribution in [0, 0.1) is 0 Å². The molecule has 0 saturated carbocycles. The van der Waals surface area contributed by atoms with Crippen LogP contribution in [0.2, 0.25) is 0 Å². The van der Waals surface area contributed by atoms with Gasteiger partial charge in [0.05, 0.1) is 32.5 Å². The number of carbonyl (C=O) groups is 1. The maximum absolute atomic E-state index is 12.1. The van der Waals surface area contributed by atoms with E-state index in [1.54, 1.807) is 0 Å². The number of hydrogen-bond donors (Lipinski definition) is 6. The Morgan fingerprint density at radius 3 is 2.12 bits per heavy atom. The fourth-order valence-electron chi connectivity index (χ4n) is 4.82. The van der Waals surface area contributed by atoms with Crippen LogP contribution in [0.4, 0.5) is 0 Å². The van der Waals surface area contributed by atoms with Crippen LogP contribution in [-0.2, 0) is 41.7 Å². The third-order valence-corrected chi connectivity index (χ3v) is 6.93. The van der Waals surface area contributed by atoms with Gasteiger partial charge in [0.2, 0.25) is 5.91 Å². The van der Waals surface area contributed by atoms with Gasteiger partial charge in [0.1, 0.15) is 42.7 Å². The molecule has 0 aliphatic carbocycles. The minimum atomic E-state index is -1.51. The predicted molar refractivity (Wildman–Crippen MR) is 140 cm³/mol. The van der Waals surface area contributed by atoms with E-state index in [0.717, 1.165) is 11.1 Å². The summed E-state index contributed by atoms with van der Waals surface area (Å²) < 4.78 is 30.0. The molecule has 2 aromatic rings. The second kappa shape index (κ2) is 14.4. The zero-order chi connectivity index (χ0) is 28.6.